The van der Waals surface area contributed by atoms with E-state index < -0.39 is 0 Å². The molecule has 0 amide bonds. The van der Waals surface area contributed by atoms with Crippen LogP contribution in [0.5, 0.6) is 0 Å². The molecule has 0 aliphatic carbocycles. The number of hydrogen-bond donors (Lipinski definition) is 2. The van der Waals surface area contributed by atoms with Crippen molar-refractivity contribution in [3.63, 3.8) is 0 Å². The third-order valence-electron chi connectivity index (χ3n) is 5.19. The molecular formula is C24H52N2O5. The molecule has 0 fully saturated rings. The summed E-state index contributed by atoms with van der Waals surface area (Å²) in [6, 6.07) is 0. The fraction of sp³-hybridized carbons (Fsp3) is 1.00. The highest BCUT2D eigenvalue weighted by molar-refractivity contribution is 4.79. The van der Waals surface area contributed by atoms with Crippen LogP contribution in [0.3, 0.4) is 0 Å². The van der Waals surface area contributed by atoms with Crippen LogP contribution in [0, 0.1) is 0 Å². The predicted molar refractivity (Wildman–Crippen MR) is 127 cm³/mol. The van der Waals surface area contributed by atoms with E-state index in [1.807, 2.05) is 27.7 Å². The van der Waals surface area contributed by atoms with E-state index in [1.54, 1.807) is 14.2 Å². The predicted octanol–water partition coefficient (Wildman–Crippen LogP) is 3.66. The molecule has 188 valence electrons. The molecule has 0 aromatic rings. The molecule has 0 saturated heterocycles. The van der Waals surface area contributed by atoms with Crippen LogP contribution in [0.15, 0.2) is 0 Å². The van der Waals surface area contributed by atoms with Gasteiger partial charge in [-0.3, -0.25) is 0 Å². The number of ether oxygens (including phenoxy) is 5. The summed E-state index contributed by atoms with van der Waals surface area (Å²) in [5.74, 6) is 0. The van der Waals surface area contributed by atoms with E-state index >= 15 is 0 Å². The molecule has 7 nitrogen and oxygen atoms in total. The summed E-state index contributed by atoms with van der Waals surface area (Å²) in [6.45, 7) is 18.5. The zero-order chi connectivity index (χ0) is 24.3. The van der Waals surface area contributed by atoms with Gasteiger partial charge in [-0.1, -0.05) is 0 Å². The molecule has 0 heterocycles. The molecule has 0 aromatic carbocycles. The highest BCUT2D eigenvalue weighted by Gasteiger charge is 2.27. The van der Waals surface area contributed by atoms with Gasteiger partial charge in [-0.2, -0.15) is 0 Å². The van der Waals surface area contributed by atoms with E-state index in [4.69, 9.17) is 35.2 Å². The average Bonchev–Trinajstić information content (AvgIpc) is 2.56. The summed E-state index contributed by atoms with van der Waals surface area (Å²) in [5, 5.41) is 0. The van der Waals surface area contributed by atoms with Gasteiger partial charge in [-0.05, 0) is 68.2 Å². The molecule has 2 atom stereocenters. The van der Waals surface area contributed by atoms with Crippen LogP contribution >= 0.6 is 0 Å². The van der Waals surface area contributed by atoms with E-state index in [0.29, 0.717) is 26.4 Å². The Morgan fingerprint density at radius 3 is 1.19 bits per heavy atom. The van der Waals surface area contributed by atoms with Gasteiger partial charge < -0.3 is 35.2 Å². The highest BCUT2D eigenvalue weighted by Crippen LogP contribution is 2.22. The molecule has 0 saturated carbocycles. The molecule has 0 radical (unpaired) electrons. The molecule has 7 heteroatoms. The monoisotopic (exact) mass is 448 g/mol. The van der Waals surface area contributed by atoms with E-state index in [9.17, 15) is 0 Å². The first-order valence-corrected chi connectivity index (χ1v) is 11.5. The second kappa shape index (κ2) is 13.4. The lowest BCUT2D eigenvalue weighted by Crippen LogP contribution is -2.38. The van der Waals surface area contributed by atoms with Gasteiger partial charge in [0.05, 0.1) is 36.6 Å². The summed E-state index contributed by atoms with van der Waals surface area (Å²) in [6.07, 6.45) is 2.95. The Balaban J connectivity index is 4.42. The van der Waals surface area contributed by atoms with Crippen LogP contribution in [0.2, 0.25) is 0 Å². The average molecular weight is 449 g/mol. The number of nitrogens with two attached hydrogens (primary N) is 2. The Hall–Kier alpha value is -0.280. The Morgan fingerprint density at radius 1 is 0.613 bits per heavy atom. The van der Waals surface area contributed by atoms with Gasteiger partial charge in [-0.25, -0.2) is 0 Å². The first-order valence-electron chi connectivity index (χ1n) is 11.5. The van der Waals surface area contributed by atoms with E-state index in [1.165, 1.54) is 0 Å². The normalized spacial score (nSPS) is 15.9. The summed E-state index contributed by atoms with van der Waals surface area (Å²) < 4.78 is 29.3. The van der Waals surface area contributed by atoms with Crippen molar-refractivity contribution < 1.29 is 23.7 Å². The quantitative estimate of drug-likeness (QED) is 0.330. The van der Waals surface area contributed by atoms with Crippen molar-refractivity contribution in [2.75, 3.05) is 40.6 Å². The van der Waals surface area contributed by atoms with E-state index in [0.717, 1.165) is 25.7 Å². The molecular weight excluding hydrogens is 396 g/mol. The largest absolute Gasteiger partial charge is 0.379 e. The summed E-state index contributed by atoms with van der Waals surface area (Å²) in [4.78, 5) is 0. The van der Waals surface area contributed by atoms with Crippen LogP contribution in [-0.2, 0) is 23.7 Å². The number of rotatable bonds is 18. The Kier molecular flexibility index (Phi) is 13.3. The van der Waals surface area contributed by atoms with Crippen LogP contribution in [-0.4, -0.2) is 75.1 Å². The first-order chi connectivity index (χ1) is 14.0. The third-order valence-corrected chi connectivity index (χ3v) is 5.19. The van der Waals surface area contributed by atoms with Crippen molar-refractivity contribution in [2.45, 2.75) is 116 Å². The first kappa shape index (κ1) is 30.7. The molecule has 4 N–H and O–H groups in total. The highest BCUT2D eigenvalue weighted by atomic mass is 16.6. The second-order valence-corrected chi connectivity index (χ2v) is 11.4. The number of methoxy groups -OCH3 is 2. The maximum absolute atomic E-state index is 6.05. The zero-order valence-corrected chi connectivity index (χ0v) is 22.0. The van der Waals surface area contributed by atoms with Gasteiger partial charge in [0, 0.05) is 51.4 Å². The van der Waals surface area contributed by atoms with E-state index in [2.05, 4.69) is 27.7 Å². The Labute approximate surface area is 191 Å². The minimum absolute atomic E-state index is 0.0607. The fourth-order valence-electron chi connectivity index (χ4n) is 3.15. The zero-order valence-electron chi connectivity index (χ0n) is 22.0. The second-order valence-electron chi connectivity index (χ2n) is 11.4. The summed E-state index contributed by atoms with van der Waals surface area (Å²) in [7, 11) is 3.41. The summed E-state index contributed by atoms with van der Waals surface area (Å²) in [5.41, 5.74) is 11.0. The van der Waals surface area contributed by atoms with Crippen LogP contribution in [0.4, 0.5) is 0 Å². The summed E-state index contributed by atoms with van der Waals surface area (Å²) >= 11 is 0. The van der Waals surface area contributed by atoms with E-state index in [-0.39, 0.29) is 34.5 Å². The maximum atomic E-state index is 6.05. The maximum Gasteiger partial charge on any atom is 0.0831 e. The van der Waals surface area contributed by atoms with Crippen molar-refractivity contribution in [3.05, 3.63) is 0 Å². The van der Waals surface area contributed by atoms with Crippen LogP contribution in [0.25, 0.3) is 0 Å². The lowest BCUT2D eigenvalue weighted by atomic mass is 9.99. The van der Waals surface area contributed by atoms with Crippen LogP contribution < -0.4 is 11.5 Å². The topological polar surface area (TPSA) is 98.2 Å². The molecule has 31 heavy (non-hydrogen) atoms. The van der Waals surface area contributed by atoms with Gasteiger partial charge >= 0.3 is 0 Å². The van der Waals surface area contributed by atoms with Crippen molar-refractivity contribution in [1.29, 1.82) is 0 Å². The van der Waals surface area contributed by atoms with Gasteiger partial charge in [0.25, 0.3) is 0 Å². The van der Waals surface area contributed by atoms with Crippen molar-refractivity contribution in [1.82, 2.24) is 0 Å². The van der Waals surface area contributed by atoms with Gasteiger partial charge in [0.1, 0.15) is 0 Å². The van der Waals surface area contributed by atoms with Gasteiger partial charge in [-0.15, -0.1) is 0 Å². The van der Waals surface area contributed by atoms with Crippen molar-refractivity contribution in [3.8, 4) is 0 Å². The van der Waals surface area contributed by atoms with Crippen molar-refractivity contribution >= 4 is 0 Å². The minimum atomic E-state index is -0.317. The fourth-order valence-corrected chi connectivity index (χ4v) is 3.15. The molecule has 0 spiro atoms. The third kappa shape index (κ3) is 17.9. The molecule has 0 bridgehead atoms. The van der Waals surface area contributed by atoms with Gasteiger partial charge in [0.15, 0.2) is 0 Å². The molecule has 0 aromatic heterocycles. The Morgan fingerprint density at radius 2 is 0.935 bits per heavy atom. The molecule has 0 aliphatic rings. The lowest BCUT2D eigenvalue weighted by Gasteiger charge is -2.32. The SMILES string of the molecule is COC(COCC(CC(C)(C)OCCC(C)(C)N)OC)CC(C)(C)OCCC(C)(C)N. The molecule has 0 rings (SSSR count). The standard InChI is InChI=1S/C24H52N2O5/c1-21(2,25)11-13-30-23(5,6)15-19(27-9)17-29-18-20(28-10)16-24(7,8)31-14-12-22(3,4)26/h19-20H,11-18,25-26H2,1-10H3. The van der Waals surface area contributed by atoms with Crippen LogP contribution in [0.1, 0.15) is 81.1 Å². The van der Waals surface area contributed by atoms with Crippen molar-refractivity contribution in [2.24, 2.45) is 11.5 Å². The smallest absolute Gasteiger partial charge is 0.0831 e. The van der Waals surface area contributed by atoms with Gasteiger partial charge in [0.2, 0.25) is 0 Å². The lowest BCUT2D eigenvalue weighted by molar-refractivity contribution is -0.100. The number of hydrogen-bond acceptors (Lipinski definition) is 7. The molecule has 2 unspecified atom stereocenters. The Bertz CT molecular complexity index is 428. The molecule has 0 aliphatic heterocycles. The minimum Gasteiger partial charge on any atom is -0.379 e.